The molecule has 0 saturated heterocycles. The first kappa shape index (κ1) is 22.8. The normalized spacial score (nSPS) is 12.2. The fourth-order valence-corrected chi connectivity index (χ4v) is 5.90. The van der Waals surface area contributed by atoms with Gasteiger partial charge in [-0.05, 0) is 59.8 Å². The van der Waals surface area contributed by atoms with Gasteiger partial charge in [-0.1, -0.05) is 18.2 Å². The first-order valence-corrected chi connectivity index (χ1v) is 12.2. The molecule has 0 fully saturated rings. The monoisotopic (exact) mass is 459 g/mol. The van der Waals surface area contributed by atoms with Gasteiger partial charge < -0.3 is 14.8 Å². The molecule has 1 aromatic heterocycles. The lowest BCUT2D eigenvalue weighted by atomic mass is 10.1. The van der Waals surface area contributed by atoms with Crippen LogP contribution in [0.25, 0.3) is 0 Å². The predicted molar refractivity (Wildman–Crippen MR) is 122 cm³/mol. The molecule has 0 aliphatic rings. The highest BCUT2D eigenvalue weighted by molar-refractivity contribution is 7.91. The standard InChI is InChI=1S/C23H25NO5S2/c1-28-18-8-5-17(6-9-18)7-14-23(25)24-16-22(21-4-3-15-30-21)31(26,27)20-12-10-19(29-2)11-13-20/h3-6,8-13,15,22H,7,14,16H2,1-2H3,(H,24,25)/t22-/m0/s1. The van der Waals surface area contributed by atoms with Crippen molar-refractivity contribution in [1.82, 2.24) is 5.32 Å². The van der Waals surface area contributed by atoms with Gasteiger partial charge in [-0.25, -0.2) is 8.42 Å². The number of aryl methyl sites for hydroxylation is 1. The zero-order chi connectivity index (χ0) is 22.3. The Labute approximate surface area is 186 Å². The number of benzene rings is 2. The van der Waals surface area contributed by atoms with Crippen LogP contribution in [0.1, 0.15) is 22.1 Å². The second-order valence-electron chi connectivity index (χ2n) is 6.88. The average Bonchev–Trinajstić information content (AvgIpc) is 3.32. The van der Waals surface area contributed by atoms with Crippen molar-refractivity contribution in [2.24, 2.45) is 0 Å². The molecule has 0 bridgehead atoms. The number of rotatable bonds is 10. The van der Waals surface area contributed by atoms with Gasteiger partial charge >= 0.3 is 0 Å². The van der Waals surface area contributed by atoms with E-state index < -0.39 is 15.1 Å². The van der Waals surface area contributed by atoms with Gasteiger partial charge in [0, 0.05) is 17.8 Å². The number of ether oxygens (including phenoxy) is 2. The SMILES string of the molecule is COc1ccc(CCC(=O)NC[C@@H](c2cccs2)S(=O)(=O)c2ccc(OC)cc2)cc1. The van der Waals surface area contributed by atoms with Crippen LogP contribution in [0.2, 0.25) is 0 Å². The lowest BCUT2D eigenvalue weighted by Gasteiger charge is -2.18. The first-order valence-electron chi connectivity index (χ1n) is 9.75. The smallest absolute Gasteiger partial charge is 0.220 e. The third kappa shape index (κ3) is 5.86. The topological polar surface area (TPSA) is 81.7 Å². The third-order valence-corrected chi connectivity index (χ3v) is 8.14. The Hall–Kier alpha value is -2.84. The molecule has 0 radical (unpaired) electrons. The largest absolute Gasteiger partial charge is 0.497 e. The molecule has 8 heteroatoms. The maximum Gasteiger partial charge on any atom is 0.220 e. The van der Waals surface area contributed by atoms with Gasteiger partial charge in [-0.3, -0.25) is 4.79 Å². The van der Waals surface area contributed by atoms with Crippen molar-refractivity contribution in [1.29, 1.82) is 0 Å². The fourth-order valence-electron chi connectivity index (χ4n) is 3.11. The number of carbonyl (C=O) groups is 1. The van der Waals surface area contributed by atoms with Gasteiger partial charge in [0.15, 0.2) is 9.84 Å². The Morgan fingerprint density at radius 3 is 2.13 bits per heavy atom. The van der Waals surface area contributed by atoms with Crippen LogP contribution >= 0.6 is 11.3 Å². The molecule has 1 heterocycles. The molecule has 2 aromatic carbocycles. The van der Waals surface area contributed by atoms with Crippen LogP contribution in [0.5, 0.6) is 11.5 Å². The summed E-state index contributed by atoms with van der Waals surface area (Å²) in [6.45, 7) is 0.0102. The molecular weight excluding hydrogens is 434 g/mol. The van der Waals surface area contributed by atoms with E-state index in [9.17, 15) is 13.2 Å². The lowest BCUT2D eigenvalue weighted by Crippen LogP contribution is -2.31. The van der Waals surface area contributed by atoms with E-state index in [1.807, 2.05) is 35.7 Å². The fraction of sp³-hybridized carbons (Fsp3) is 0.261. The van der Waals surface area contributed by atoms with Crippen LogP contribution in [0, 0.1) is 0 Å². The molecule has 1 atom stereocenters. The highest BCUT2D eigenvalue weighted by Crippen LogP contribution is 2.32. The number of carbonyl (C=O) groups excluding carboxylic acids is 1. The van der Waals surface area contributed by atoms with Gasteiger partial charge in [0.05, 0.1) is 19.1 Å². The summed E-state index contributed by atoms with van der Waals surface area (Å²) in [5.74, 6) is 1.15. The summed E-state index contributed by atoms with van der Waals surface area (Å²) in [4.78, 5) is 13.3. The van der Waals surface area contributed by atoms with Gasteiger partial charge in [0.25, 0.3) is 0 Å². The average molecular weight is 460 g/mol. The molecule has 3 aromatic rings. The molecule has 6 nitrogen and oxygen atoms in total. The maximum absolute atomic E-state index is 13.3. The van der Waals surface area contributed by atoms with E-state index in [-0.39, 0.29) is 23.8 Å². The van der Waals surface area contributed by atoms with E-state index in [1.165, 1.54) is 30.6 Å². The number of sulfone groups is 1. The molecule has 1 amide bonds. The summed E-state index contributed by atoms with van der Waals surface area (Å²) in [6, 6.07) is 17.4. The van der Waals surface area contributed by atoms with Gasteiger partial charge in [0.2, 0.25) is 5.91 Å². The minimum absolute atomic E-state index is 0.0102. The van der Waals surface area contributed by atoms with Crippen molar-refractivity contribution in [3.63, 3.8) is 0 Å². The van der Waals surface area contributed by atoms with Crippen molar-refractivity contribution < 1.29 is 22.7 Å². The Kier molecular flexibility index (Phi) is 7.70. The number of thiophene rings is 1. The van der Waals surface area contributed by atoms with E-state index in [4.69, 9.17) is 9.47 Å². The van der Waals surface area contributed by atoms with E-state index in [1.54, 1.807) is 25.3 Å². The predicted octanol–water partition coefficient (Wildman–Crippen LogP) is 4.03. The van der Waals surface area contributed by atoms with Crippen LogP contribution in [-0.2, 0) is 21.1 Å². The molecule has 0 aliphatic heterocycles. The van der Waals surface area contributed by atoms with Gasteiger partial charge in [0.1, 0.15) is 16.7 Å². The lowest BCUT2D eigenvalue weighted by molar-refractivity contribution is -0.121. The van der Waals surface area contributed by atoms with E-state index in [2.05, 4.69) is 5.32 Å². The molecule has 0 unspecified atom stereocenters. The summed E-state index contributed by atoms with van der Waals surface area (Å²) in [5, 5.41) is 3.78. The molecule has 31 heavy (non-hydrogen) atoms. The van der Waals surface area contributed by atoms with E-state index >= 15 is 0 Å². The van der Waals surface area contributed by atoms with Crippen molar-refractivity contribution in [2.75, 3.05) is 20.8 Å². The Bertz CT molecular complexity index is 1080. The van der Waals surface area contributed by atoms with Crippen molar-refractivity contribution in [2.45, 2.75) is 23.0 Å². The summed E-state index contributed by atoms with van der Waals surface area (Å²) < 4.78 is 36.8. The number of hydrogen-bond donors (Lipinski definition) is 1. The van der Waals surface area contributed by atoms with Crippen molar-refractivity contribution >= 4 is 27.1 Å². The maximum atomic E-state index is 13.3. The zero-order valence-corrected chi connectivity index (χ0v) is 19.0. The van der Waals surface area contributed by atoms with Crippen molar-refractivity contribution in [3.05, 3.63) is 76.5 Å². The van der Waals surface area contributed by atoms with Crippen LogP contribution in [0.4, 0.5) is 0 Å². The Balaban J connectivity index is 1.67. The van der Waals surface area contributed by atoms with E-state index in [0.29, 0.717) is 17.0 Å². The molecule has 164 valence electrons. The minimum atomic E-state index is -3.69. The highest BCUT2D eigenvalue weighted by atomic mass is 32.2. The summed E-state index contributed by atoms with van der Waals surface area (Å²) >= 11 is 1.36. The molecule has 1 N–H and O–H groups in total. The molecule has 3 rings (SSSR count). The summed E-state index contributed by atoms with van der Waals surface area (Å²) in [6.07, 6.45) is 0.830. The Morgan fingerprint density at radius 1 is 0.968 bits per heavy atom. The van der Waals surface area contributed by atoms with Crippen molar-refractivity contribution in [3.8, 4) is 11.5 Å². The molecular formula is C23H25NO5S2. The molecule has 0 spiro atoms. The minimum Gasteiger partial charge on any atom is -0.497 e. The summed E-state index contributed by atoms with van der Waals surface area (Å²) in [5.41, 5.74) is 1.01. The quantitative estimate of drug-likeness (QED) is 0.495. The second kappa shape index (κ2) is 10.5. The van der Waals surface area contributed by atoms with Crippen LogP contribution in [-0.4, -0.2) is 35.1 Å². The molecule has 0 aliphatic carbocycles. The number of nitrogens with one attached hydrogen (secondary N) is 1. The Morgan fingerprint density at radius 2 is 1.58 bits per heavy atom. The molecule has 0 saturated carbocycles. The number of amides is 1. The zero-order valence-electron chi connectivity index (χ0n) is 17.4. The van der Waals surface area contributed by atoms with E-state index in [0.717, 1.165) is 11.3 Å². The number of hydrogen-bond acceptors (Lipinski definition) is 6. The summed E-state index contributed by atoms with van der Waals surface area (Å²) in [7, 11) is -0.562. The van der Waals surface area contributed by atoms with Crippen LogP contribution < -0.4 is 14.8 Å². The van der Waals surface area contributed by atoms with Crippen LogP contribution in [0.15, 0.2) is 70.9 Å². The second-order valence-corrected chi connectivity index (χ2v) is 9.99. The number of methoxy groups -OCH3 is 2. The van der Waals surface area contributed by atoms with Gasteiger partial charge in [-0.15, -0.1) is 11.3 Å². The highest BCUT2D eigenvalue weighted by Gasteiger charge is 2.30. The van der Waals surface area contributed by atoms with Gasteiger partial charge in [-0.2, -0.15) is 0 Å². The first-order chi connectivity index (χ1) is 14.9. The third-order valence-electron chi connectivity index (χ3n) is 4.91. The van der Waals surface area contributed by atoms with Crippen LogP contribution in [0.3, 0.4) is 0 Å².